The molecular formula is C23H30N2O6S. The lowest BCUT2D eigenvalue weighted by atomic mass is 10.1. The van der Waals surface area contributed by atoms with Crippen LogP contribution in [0.3, 0.4) is 0 Å². The van der Waals surface area contributed by atoms with Gasteiger partial charge >= 0.3 is 0 Å². The van der Waals surface area contributed by atoms with Gasteiger partial charge in [-0.3, -0.25) is 4.79 Å². The van der Waals surface area contributed by atoms with Crippen LogP contribution in [0.5, 0.6) is 17.2 Å². The fraction of sp³-hybridized carbons (Fsp3) is 0.435. The Hall–Kier alpha value is -2.78. The summed E-state index contributed by atoms with van der Waals surface area (Å²) in [5, 5.41) is 2.91. The van der Waals surface area contributed by atoms with Gasteiger partial charge in [0.2, 0.25) is 10.0 Å². The Morgan fingerprint density at radius 2 is 1.53 bits per heavy atom. The van der Waals surface area contributed by atoms with E-state index in [1.54, 1.807) is 32.4 Å². The van der Waals surface area contributed by atoms with E-state index < -0.39 is 10.0 Å². The third kappa shape index (κ3) is 4.99. The number of hydrogen-bond acceptors (Lipinski definition) is 6. The second-order valence-electron chi connectivity index (χ2n) is 7.64. The number of ether oxygens (including phenoxy) is 3. The number of carbonyl (C=O) groups excluding carboxylic acids is 1. The van der Waals surface area contributed by atoms with Crippen LogP contribution in [0, 0.1) is 0 Å². The van der Waals surface area contributed by atoms with E-state index in [9.17, 15) is 13.2 Å². The normalized spacial score (nSPS) is 15.6. The van der Waals surface area contributed by atoms with Crippen LogP contribution in [0.2, 0.25) is 0 Å². The molecule has 0 saturated carbocycles. The summed E-state index contributed by atoms with van der Waals surface area (Å²) in [4.78, 5) is 13.0. The third-order valence-electron chi connectivity index (χ3n) is 5.61. The molecular weight excluding hydrogens is 432 g/mol. The predicted octanol–water partition coefficient (Wildman–Crippen LogP) is 3.38. The van der Waals surface area contributed by atoms with E-state index in [0.717, 1.165) is 24.8 Å². The monoisotopic (exact) mass is 462 g/mol. The van der Waals surface area contributed by atoms with Crippen molar-refractivity contribution in [3.8, 4) is 17.2 Å². The molecule has 3 rings (SSSR count). The molecule has 32 heavy (non-hydrogen) atoms. The van der Waals surface area contributed by atoms with Gasteiger partial charge in [0, 0.05) is 18.7 Å². The van der Waals surface area contributed by atoms with Crippen LogP contribution in [0.1, 0.15) is 48.1 Å². The Morgan fingerprint density at radius 3 is 2.16 bits per heavy atom. The van der Waals surface area contributed by atoms with Crippen LogP contribution in [0.15, 0.2) is 41.3 Å². The third-order valence-corrected chi connectivity index (χ3v) is 7.53. The summed E-state index contributed by atoms with van der Waals surface area (Å²) in [6.07, 6.45) is 2.66. The van der Waals surface area contributed by atoms with E-state index in [0.29, 0.717) is 24.6 Å². The second kappa shape index (κ2) is 10.2. The van der Waals surface area contributed by atoms with Crippen molar-refractivity contribution in [3.63, 3.8) is 0 Å². The molecule has 0 unspecified atom stereocenters. The summed E-state index contributed by atoms with van der Waals surface area (Å²) in [7, 11) is 0.765. The van der Waals surface area contributed by atoms with Gasteiger partial charge < -0.3 is 19.5 Å². The Morgan fingerprint density at radius 1 is 0.906 bits per heavy atom. The highest BCUT2D eigenvalue weighted by atomic mass is 32.2. The van der Waals surface area contributed by atoms with Crippen molar-refractivity contribution in [3.05, 3.63) is 47.5 Å². The number of nitrogens with zero attached hydrogens (tertiary/aromatic N) is 1. The lowest BCUT2D eigenvalue weighted by Crippen LogP contribution is -2.36. The average molecular weight is 463 g/mol. The molecule has 1 heterocycles. The summed E-state index contributed by atoms with van der Waals surface area (Å²) >= 11 is 0. The summed E-state index contributed by atoms with van der Waals surface area (Å²) in [5.41, 5.74) is 1.07. The molecule has 1 aliphatic rings. The molecule has 2 aromatic carbocycles. The van der Waals surface area contributed by atoms with Gasteiger partial charge in [0.15, 0.2) is 11.5 Å². The van der Waals surface area contributed by atoms with Gasteiger partial charge in [-0.05, 0) is 55.7 Å². The zero-order valence-corrected chi connectivity index (χ0v) is 19.7. The number of benzene rings is 2. The van der Waals surface area contributed by atoms with Gasteiger partial charge in [0.1, 0.15) is 10.6 Å². The number of sulfonamides is 1. The number of carbonyl (C=O) groups is 1. The van der Waals surface area contributed by atoms with E-state index >= 15 is 0 Å². The van der Waals surface area contributed by atoms with Gasteiger partial charge in [-0.15, -0.1) is 0 Å². The molecule has 0 aromatic heterocycles. The van der Waals surface area contributed by atoms with E-state index in [-0.39, 0.29) is 28.2 Å². The molecule has 9 heteroatoms. The highest BCUT2D eigenvalue weighted by Crippen LogP contribution is 2.31. The highest BCUT2D eigenvalue weighted by Gasteiger charge is 2.30. The Bertz CT molecular complexity index is 1060. The van der Waals surface area contributed by atoms with Crippen LogP contribution >= 0.6 is 0 Å². The standard InChI is InChI=1S/C23H30N2O6S/c1-16(17-8-10-19(29-2)21(14-17)31-4)24-23(26)18-9-11-20(30-3)22(15-18)32(27,28)25-12-6-5-7-13-25/h8-11,14-16H,5-7,12-13H2,1-4H3,(H,24,26)/t16-/m1/s1. The number of piperidine rings is 1. The van der Waals surface area contributed by atoms with Gasteiger partial charge in [-0.2, -0.15) is 4.31 Å². The van der Waals surface area contributed by atoms with Crippen LogP contribution in [0.4, 0.5) is 0 Å². The number of amides is 1. The van der Waals surface area contributed by atoms with E-state index in [4.69, 9.17) is 14.2 Å². The summed E-state index contributed by atoms with van der Waals surface area (Å²) < 4.78 is 43.7. The van der Waals surface area contributed by atoms with E-state index in [1.165, 1.54) is 23.5 Å². The zero-order chi connectivity index (χ0) is 23.3. The molecule has 8 nitrogen and oxygen atoms in total. The average Bonchev–Trinajstić information content (AvgIpc) is 2.83. The van der Waals surface area contributed by atoms with Crippen molar-refractivity contribution in [2.24, 2.45) is 0 Å². The van der Waals surface area contributed by atoms with Crippen molar-refractivity contribution in [2.75, 3.05) is 34.4 Å². The highest BCUT2D eigenvalue weighted by molar-refractivity contribution is 7.89. The molecule has 1 amide bonds. The van der Waals surface area contributed by atoms with Crippen molar-refractivity contribution >= 4 is 15.9 Å². The number of methoxy groups -OCH3 is 3. The van der Waals surface area contributed by atoms with Gasteiger partial charge in [0.05, 0.1) is 27.4 Å². The fourth-order valence-corrected chi connectivity index (χ4v) is 5.45. The molecule has 174 valence electrons. The first-order chi connectivity index (χ1) is 15.3. The molecule has 0 aliphatic carbocycles. The second-order valence-corrected chi connectivity index (χ2v) is 9.55. The number of rotatable bonds is 8. The van der Waals surface area contributed by atoms with Gasteiger partial charge in [-0.25, -0.2) is 8.42 Å². The minimum absolute atomic E-state index is 0.00770. The minimum Gasteiger partial charge on any atom is -0.495 e. The largest absolute Gasteiger partial charge is 0.495 e. The summed E-state index contributed by atoms with van der Waals surface area (Å²) in [6, 6.07) is 9.53. The van der Waals surface area contributed by atoms with Crippen molar-refractivity contribution in [1.82, 2.24) is 9.62 Å². The van der Waals surface area contributed by atoms with E-state index in [1.807, 2.05) is 13.0 Å². The van der Waals surface area contributed by atoms with Crippen LogP contribution in [0.25, 0.3) is 0 Å². The Balaban J connectivity index is 1.85. The maximum absolute atomic E-state index is 13.2. The summed E-state index contributed by atoms with van der Waals surface area (Å²) in [6.45, 7) is 2.78. The van der Waals surface area contributed by atoms with Crippen molar-refractivity contribution < 1.29 is 27.4 Å². The molecule has 2 aromatic rings. The minimum atomic E-state index is -3.76. The van der Waals surface area contributed by atoms with Gasteiger partial charge in [-0.1, -0.05) is 12.5 Å². The first kappa shape index (κ1) is 23.9. The number of nitrogens with one attached hydrogen (secondary N) is 1. The maximum Gasteiger partial charge on any atom is 0.251 e. The lowest BCUT2D eigenvalue weighted by molar-refractivity contribution is 0.0939. The zero-order valence-electron chi connectivity index (χ0n) is 18.9. The van der Waals surface area contributed by atoms with Crippen LogP contribution in [-0.4, -0.2) is 53.0 Å². The molecule has 1 fully saturated rings. The summed E-state index contributed by atoms with van der Waals surface area (Å²) in [5.74, 6) is 0.994. The molecule has 1 saturated heterocycles. The maximum atomic E-state index is 13.2. The van der Waals surface area contributed by atoms with Crippen molar-refractivity contribution in [1.29, 1.82) is 0 Å². The Kier molecular flexibility index (Phi) is 7.63. The fourth-order valence-electron chi connectivity index (χ4n) is 3.75. The topological polar surface area (TPSA) is 94.2 Å². The number of hydrogen-bond donors (Lipinski definition) is 1. The molecule has 1 aliphatic heterocycles. The van der Waals surface area contributed by atoms with Crippen LogP contribution in [-0.2, 0) is 10.0 Å². The van der Waals surface area contributed by atoms with Crippen LogP contribution < -0.4 is 19.5 Å². The SMILES string of the molecule is COc1ccc([C@@H](C)NC(=O)c2ccc(OC)c(S(=O)(=O)N3CCCCC3)c2)cc1OC. The molecule has 0 bridgehead atoms. The first-order valence-electron chi connectivity index (χ1n) is 10.5. The molecule has 1 atom stereocenters. The first-order valence-corrected chi connectivity index (χ1v) is 12.0. The molecule has 1 N–H and O–H groups in total. The Labute approximate surface area is 189 Å². The van der Waals surface area contributed by atoms with Crippen molar-refractivity contribution in [2.45, 2.75) is 37.1 Å². The van der Waals surface area contributed by atoms with E-state index in [2.05, 4.69) is 5.32 Å². The predicted molar refractivity (Wildman–Crippen MR) is 121 cm³/mol. The lowest BCUT2D eigenvalue weighted by Gasteiger charge is -2.26. The smallest absolute Gasteiger partial charge is 0.251 e. The molecule has 0 spiro atoms. The van der Waals surface area contributed by atoms with Gasteiger partial charge in [0.25, 0.3) is 5.91 Å². The quantitative estimate of drug-likeness (QED) is 0.646. The molecule has 0 radical (unpaired) electrons.